The maximum atomic E-state index is 9.24. The fourth-order valence-electron chi connectivity index (χ4n) is 2.78. The molecule has 0 atom stereocenters. The molecule has 1 fully saturated rings. The molecule has 1 aromatic rings. The number of hydrogen-bond donors (Lipinski definition) is 2. The zero-order valence-electron chi connectivity index (χ0n) is 11.6. The highest BCUT2D eigenvalue weighted by atomic mass is 16.5. The first-order valence-electron chi connectivity index (χ1n) is 7.32. The van der Waals surface area contributed by atoms with E-state index >= 15 is 0 Å². The predicted molar refractivity (Wildman–Crippen MR) is 77.3 cm³/mol. The van der Waals surface area contributed by atoms with Crippen molar-refractivity contribution >= 4 is 0 Å². The Morgan fingerprint density at radius 1 is 1.16 bits per heavy atom. The van der Waals surface area contributed by atoms with E-state index in [0.717, 1.165) is 51.9 Å². The molecule has 0 aromatic heterocycles. The van der Waals surface area contributed by atoms with Gasteiger partial charge in [-0.05, 0) is 44.2 Å². The molecule has 0 amide bonds. The summed E-state index contributed by atoms with van der Waals surface area (Å²) in [6.07, 6.45) is 5.11. The Morgan fingerprint density at radius 2 is 1.89 bits per heavy atom. The highest BCUT2D eigenvalue weighted by Crippen LogP contribution is 2.24. The van der Waals surface area contributed by atoms with E-state index in [1.807, 2.05) is 0 Å². The van der Waals surface area contributed by atoms with Gasteiger partial charge in [0, 0.05) is 25.4 Å². The third-order valence-electron chi connectivity index (χ3n) is 4.03. The van der Waals surface area contributed by atoms with E-state index in [2.05, 4.69) is 35.6 Å². The number of aliphatic hydroxyl groups excluding tert-OH is 1. The normalized spacial score (nSPS) is 18.4. The summed E-state index contributed by atoms with van der Waals surface area (Å²) < 4.78 is 5.43. The molecular weight excluding hydrogens is 238 g/mol. The fraction of sp³-hybridized carbons (Fsp3) is 0.625. The van der Waals surface area contributed by atoms with Gasteiger partial charge in [-0.15, -0.1) is 0 Å². The second kappa shape index (κ2) is 7.63. The third-order valence-corrected chi connectivity index (χ3v) is 4.03. The number of aryl methyl sites for hydroxylation is 1. The Hall–Kier alpha value is -0.900. The minimum atomic E-state index is 0.101. The summed E-state index contributed by atoms with van der Waals surface area (Å²) in [7, 11) is 0. The zero-order chi connectivity index (χ0) is 13.4. The van der Waals surface area contributed by atoms with Crippen LogP contribution < -0.4 is 5.32 Å². The standard InChI is InChI=1S/C16H25NO2/c18-12-8-16(9-13-19-14-10-16)17-11-4-7-15-5-2-1-3-6-15/h1-3,5-6,17-18H,4,7-14H2. The number of nitrogens with one attached hydrogen (secondary N) is 1. The zero-order valence-corrected chi connectivity index (χ0v) is 11.6. The minimum absolute atomic E-state index is 0.101. The number of rotatable bonds is 7. The van der Waals surface area contributed by atoms with Crippen LogP contribution in [0.2, 0.25) is 0 Å². The van der Waals surface area contributed by atoms with Crippen molar-refractivity contribution in [2.75, 3.05) is 26.4 Å². The second-order valence-corrected chi connectivity index (χ2v) is 5.38. The SMILES string of the molecule is OCCC1(NCCCc2ccccc2)CCOCC1. The summed E-state index contributed by atoms with van der Waals surface area (Å²) in [6, 6.07) is 10.6. The molecule has 19 heavy (non-hydrogen) atoms. The average molecular weight is 263 g/mol. The van der Waals surface area contributed by atoms with Gasteiger partial charge in [-0.1, -0.05) is 30.3 Å². The van der Waals surface area contributed by atoms with Gasteiger partial charge < -0.3 is 15.2 Å². The van der Waals surface area contributed by atoms with Crippen LogP contribution in [0, 0.1) is 0 Å². The summed E-state index contributed by atoms with van der Waals surface area (Å²) in [4.78, 5) is 0. The van der Waals surface area contributed by atoms with Gasteiger partial charge in [-0.2, -0.15) is 0 Å². The number of hydrogen-bond acceptors (Lipinski definition) is 3. The summed E-state index contributed by atoms with van der Waals surface area (Å²) >= 11 is 0. The van der Waals surface area contributed by atoms with E-state index in [9.17, 15) is 5.11 Å². The second-order valence-electron chi connectivity index (χ2n) is 5.38. The number of ether oxygens (including phenoxy) is 1. The summed E-state index contributed by atoms with van der Waals surface area (Å²) in [5, 5.41) is 12.9. The first-order chi connectivity index (χ1) is 9.35. The molecule has 0 aliphatic carbocycles. The quantitative estimate of drug-likeness (QED) is 0.741. The molecular formula is C16H25NO2. The summed E-state index contributed by atoms with van der Waals surface area (Å²) in [6.45, 7) is 2.89. The number of aliphatic hydroxyl groups is 1. The van der Waals surface area contributed by atoms with Crippen molar-refractivity contribution in [3.05, 3.63) is 35.9 Å². The molecule has 1 heterocycles. The Balaban J connectivity index is 1.73. The molecule has 1 aliphatic heterocycles. The fourth-order valence-corrected chi connectivity index (χ4v) is 2.78. The molecule has 0 unspecified atom stereocenters. The maximum Gasteiger partial charge on any atom is 0.0483 e. The van der Waals surface area contributed by atoms with Crippen LogP contribution >= 0.6 is 0 Å². The van der Waals surface area contributed by atoms with Crippen LogP contribution in [-0.4, -0.2) is 37.0 Å². The molecule has 3 nitrogen and oxygen atoms in total. The van der Waals surface area contributed by atoms with Crippen molar-refractivity contribution in [1.82, 2.24) is 5.32 Å². The lowest BCUT2D eigenvalue weighted by molar-refractivity contribution is 0.0276. The van der Waals surface area contributed by atoms with Crippen molar-refractivity contribution in [3.8, 4) is 0 Å². The molecule has 1 saturated heterocycles. The van der Waals surface area contributed by atoms with Crippen LogP contribution in [0.5, 0.6) is 0 Å². The Labute approximate surface area is 116 Å². The van der Waals surface area contributed by atoms with Crippen LogP contribution in [-0.2, 0) is 11.2 Å². The molecule has 1 aliphatic rings. The van der Waals surface area contributed by atoms with Crippen LogP contribution in [0.25, 0.3) is 0 Å². The molecule has 0 bridgehead atoms. The van der Waals surface area contributed by atoms with Crippen molar-refractivity contribution in [1.29, 1.82) is 0 Å². The molecule has 106 valence electrons. The molecule has 0 saturated carbocycles. The van der Waals surface area contributed by atoms with E-state index in [-0.39, 0.29) is 12.1 Å². The lowest BCUT2D eigenvalue weighted by Gasteiger charge is -2.38. The third kappa shape index (κ3) is 4.60. The monoisotopic (exact) mass is 263 g/mol. The Kier molecular flexibility index (Phi) is 5.83. The molecule has 0 spiro atoms. The van der Waals surface area contributed by atoms with Crippen molar-refractivity contribution in [2.45, 2.75) is 37.6 Å². The van der Waals surface area contributed by atoms with Gasteiger partial charge in [0.25, 0.3) is 0 Å². The largest absolute Gasteiger partial charge is 0.396 e. The average Bonchev–Trinajstić information content (AvgIpc) is 2.46. The van der Waals surface area contributed by atoms with Crippen LogP contribution in [0.3, 0.4) is 0 Å². The van der Waals surface area contributed by atoms with Crippen LogP contribution in [0.15, 0.2) is 30.3 Å². The number of benzene rings is 1. The van der Waals surface area contributed by atoms with Crippen molar-refractivity contribution < 1.29 is 9.84 Å². The summed E-state index contributed by atoms with van der Waals surface area (Å²) in [5.74, 6) is 0. The molecule has 0 radical (unpaired) electrons. The van der Waals surface area contributed by atoms with Gasteiger partial charge >= 0.3 is 0 Å². The topological polar surface area (TPSA) is 41.5 Å². The van der Waals surface area contributed by atoms with E-state index in [0.29, 0.717) is 0 Å². The first kappa shape index (κ1) is 14.5. The van der Waals surface area contributed by atoms with E-state index in [4.69, 9.17) is 4.74 Å². The maximum absolute atomic E-state index is 9.24. The smallest absolute Gasteiger partial charge is 0.0483 e. The van der Waals surface area contributed by atoms with Gasteiger partial charge in [-0.3, -0.25) is 0 Å². The van der Waals surface area contributed by atoms with E-state index < -0.39 is 0 Å². The Bertz CT molecular complexity index is 342. The lowest BCUT2D eigenvalue weighted by Crippen LogP contribution is -2.50. The van der Waals surface area contributed by atoms with Crippen LogP contribution in [0.4, 0.5) is 0 Å². The van der Waals surface area contributed by atoms with E-state index in [1.54, 1.807) is 0 Å². The van der Waals surface area contributed by atoms with Gasteiger partial charge in [0.2, 0.25) is 0 Å². The Morgan fingerprint density at radius 3 is 2.58 bits per heavy atom. The van der Waals surface area contributed by atoms with Gasteiger partial charge in [0.15, 0.2) is 0 Å². The molecule has 3 heteroatoms. The minimum Gasteiger partial charge on any atom is -0.396 e. The highest BCUT2D eigenvalue weighted by molar-refractivity contribution is 5.14. The predicted octanol–water partition coefficient (Wildman–Crippen LogP) is 2.14. The lowest BCUT2D eigenvalue weighted by atomic mass is 9.86. The van der Waals surface area contributed by atoms with Gasteiger partial charge in [0.1, 0.15) is 0 Å². The van der Waals surface area contributed by atoms with Gasteiger partial charge in [-0.25, -0.2) is 0 Å². The molecule has 2 N–H and O–H groups in total. The highest BCUT2D eigenvalue weighted by Gasteiger charge is 2.30. The first-order valence-corrected chi connectivity index (χ1v) is 7.32. The molecule has 1 aromatic carbocycles. The van der Waals surface area contributed by atoms with Crippen molar-refractivity contribution in [2.24, 2.45) is 0 Å². The van der Waals surface area contributed by atoms with E-state index in [1.165, 1.54) is 5.56 Å². The summed E-state index contributed by atoms with van der Waals surface area (Å²) in [5.41, 5.74) is 1.50. The van der Waals surface area contributed by atoms with Crippen LogP contribution in [0.1, 0.15) is 31.2 Å². The molecule has 2 rings (SSSR count). The van der Waals surface area contributed by atoms with Crippen molar-refractivity contribution in [3.63, 3.8) is 0 Å². The van der Waals surface area contributed by atoms with Gasteiger partial charge in [0.05, 0.1) is 0 Å².